The lowest BCUT2D eigenvalue weighted by molar-refractivity contribution is -0.116. The number of amides is 2. The molecule has 0 saturated heterocycles. The van der Waals surface area contributed by atoms with E-state index >= 15 is 0 Å². The van der Waals surface area contributed by atoms with Gasteiger partial charge >= 0.3 is 6.09 Å². The summed E-state index contributed by atoms with van der Waals surface area (Å²) in [6.45, 7) is 10.2. The number of nitrogens with zero attached hydrogens (tertiary/aromatic N) is 3. The highest BCUT2D eigenvalue weighted by Crippen LogP contribution is 2.21. The number of aryl methyl sites for hydroxylation is 1. The third-order valence-electron chi connectivity index (χ3n) is 5.06. The number of carbonyl (C=O) groups is 2. The Bertz CT molecular complexity index is 1210. The molecule has 34 heavy (non-hydrogen) atoms. The summed E-state index contributed by atoms with van der Waals surface area (Å²) in [5.41, 5.74) is 2.84. The van der Waals surface area contributed by atoms with Gasteiger partial charge in [-0.1, -0.05) is 48.0 Å². The second-order valence-electron chi connectivity index (χ2n) is 9.00. The van der Waals surface area contributed by atoms with Crippen LogP contribution in [0.2, 0.25) is 0 Å². The van der Waals surface area contributed by atoms with Crippen molar-refractivity contribution in [2.75, 3.05) is 11.9 Å². The minimum Gasteiger partial charge on any atom is -0.444 e. The molecule has 0 atom stereocenters. The molecule has 0 aliphatic heterocycles. The molecule has 180 valence electrons. The van der Waals surface area contributed by atoms with Crippen molar-refractivity contribution >= 4 is 29.9 Å². The average molecular weight is 482 g/mol. The molecule has 3 rings (SSSR count). The molecular weight excluding hydrogens is 450 g/mol. The van der Waals surface area contributed by atoms with Gasteiger partial charge in [0.25, 0.3) is 0 Å². The maximum atomic E-state index is 13.0. The highest BCUT2D eigenvalue weighted by molar-refractivity contribution is 7.71. The standard InChI is InChI=1S/C25H31N5O3S/c1-6-29(24(32)33-25(3,4)5)15-19-9-7-8-10-20(19)26-21(31)16-30-22(27-28-23(30)34)18-13-11-17(2)12-14-18/h7-14H,6,15-16H2,1-5H3,(H,26,31)(H,28,34). The van der Waals surface area contributed by atoms with Crippen LogP contribution in [0.1, 0.15) is 38.8 Å². The number of nitrogens with one attached hydrogen (secondary N) is 2. The number of rotatable bonds is 7. The van der Waals surface area contributed by atoms with Gasteiger partial charge in [-0.2, -0.15) is 5.10 Å². The van der Waals surface area contributed by atoms with Gasteiger partial charge in [-0.3, -0.25) is 14.5 Å². The van der Waals surface area contributed by atoms with Gasteiger partial charge in [0, 0.05) is 17.8 Å². The van der Waals surface area contributed by atoms with Crippen LogP contribution in [0.15, 0.2) is 48.5 Å². The topological polar surface area (TPSA) is 92.3 Å². The fourth-order valence-electron chi connectivity index (χ4n) is 3.34. The van der Waals surface area contributed by atoms with Crippen molar-refractivity contribution in [3.8, 4) is 11.4 Å². The first-order valence-corrected chi connectivity index (χ1v) is 11.6. The summed E-state index contributed by atoms with van der Waals surface area (Å²) >= 11 is 5.36. The van der Waals surface area contributed by atoms with E-state index in [0.717, 1.165) is 16.7 Å². The first-order valence-electron chi connectivity index (χ1n) is 11.2. The number of aromatic amines is 1. The van der Waals surface area contributed by atoms with Gasteiger partial charge in [0.05, 0.1) is 6.54 Å². The zero-order chi connectivity index (χ0) is 24.9. The number of anilines is 1. The lowest BCUT2D eigenvalue weighted by atomic mass is 10.1. The summed E-state index contributed by atoms with van der Waals surface area (Å²) in [7, 11) is 0. The SMILES string of the molecule is CCN(Cc1ccccc1NC(=O)Cn1c(-c2ccc(C)cc2)n[nH]c1=S)C(=O)OC(C)(C)C. The number of carbonyl (C=O) groups excluding carboxylic acids is 2. The van der Waals surface area contributed by atoms with E-state index < -0.39 is 11.7 Å². The molecule has 9 heteroatoms. The number of hydrogen-bond donors (Lipinski definition) is 2. The molecule has 2 amide bonds. The summed E-state index contributed by atoms with van der Waals surface area (Å²) in [5, 5.41) is 10.0. The monoisotopic (exact) mass is 481 g/mol. The predicted octanol–water partition coefficient (Wildman–Crippen LogP) is 5.31. The number of hydrogen-bond acceptors (Lipinski definition) is 5. The van der Waals surface area contributed by atoms with Crippen molar-refractivity contribution in [2.24, 2.45) is 0 Å². The second kappa shape index (κ2) is 10.6. The quantitative estimate of drug-likeness (QED) is 0.446. The maximum absolute atomic E-state index is 13.0. The Morgan fingerprint density at radius 1 is 1.15 bits per heavy atom. The molecule has 0 unspecified atom stereocenters. The van der Waals surface area contributed by atoms with Gasteiger partial charge in [0.1, 0.15) is 12.1 Å². The Morgan fingerprint density at radius 3 is 2.47 bits per heavy atom. The predicted molar refractivity (Wildman–Crippen MR) is 135 cm³/mol. The molecule has 1 heterocycles. The zero-order valence-electron chi connectivity index (χ0n) is 20.2. The molecule has 8 nitrogen and oxygen atoms in total. The number of para-hydroxylation sites is 1. The van der Waals surface area contributed by atoms with Crippen LogP contribution in [0.3, 0.4) is 0 Å². The first kappa shape index (κ1) is 25.2. The van der Waals surface area contributed by atoms with Crippen LogP contribution in [0.4, 0.5) is 10.5 Å². The third kappa shape index (κ3) is 6.54. The number of benzene rings is 2. The van der Waals surface area contributed by atoms with Crippen molar-refractivity contribution in [2.45, 2.75) is 53.3 Å². The molecule has 0 bridgehead atoms. The summed E-state index contributed by atoms with van der Waals surface area (Å²) < 4.78 is 7.53. The van der Waals surface area contributed by atoms with Gasteiger partial charge in [0.15, 0.2) is 10.6 Å². The van der Waals surface area contributed by atoms with Crippen LogP contribution in [0, 0.1) is 11.7 Å². The van der Waals surface area contributed by atoms with Crippen molar-refractivity contribution in [1.82, 2.24) is 19.7 Å². The van der Waals surface area contributed by atoms with Crippen LogP contribution in [-0.4, -0.2) is 43.8 Å². The van der Waals surface area contributed by atoms with E-state index in [1.165, 1.54) is 0 Å². The van der Waals surface area contributed by atoms with Gasteiger partial charge in [-0.25, -0.2) is 4.79 Å². The number of ether oxygens (including phenoxy) is 1. The Labute approximate surface area is 204 Å². The van der Waals surface area contributed by atoms with E-state index in [4.69, 9.17) is 17.0 Å². The molecule has 0 spiro atoms. The van der Waals surface area contributed by atoms with E-state index in [0.29, 0.717) is 29.4 Å². The summed E-state index contributed by atoms with van der Waals surface area (Å²) in [6, 6.07) is 15.3. The summed E-state index contributed by atoms with van der Waals surface area (Å²) in [6.07, 6.45) is -0.399. The maximum Gasteiger partial charge on any atom is 0.410 e. The largest absolute Gasteiger partial charge is 0.444 e. The van der Waals surface area contributed by atoms with Gasteiger partial charge in [-0.05, 0) is 58.5 Å². The molecule has 3 aromatic rings. The molecule has 0 aliphatic rings. The molecule has 0 radical (unpaired) electrons. The van der Waals surface area contributed by atoms with E-state index in [1.807, 2.05) is 83.1 Å². The molecule has 0 fully saturated rings. The Balaban J connectivity index is 1.76. The minimum absolute atomic E-state index is 0.00354. The Hall–Kier alpha value is -3.46. The van der Waals surface area contributed by atoms with E-state index in [2.05, 4.69) is 15.5 Å². The number of H-pyrrole nitrogens is 1. The van der Waals surface area contributed by atoms with Crippen molar-refractivity contribution < 1.29 is 14.3 Å². The highest BCUT2D eigenvalue weighted by atomic mass is 32.1. The first-order chi connectivity index (χ1) is 16.1. The van der Waals surface area contributed by atoms with Crippen LogP contribution in [-0.2, 0) is 22.6 Å². The van der Waals surface area contributed by atoms with E-state index in [9.17, 15) is 9.59 Å². The normalized spacial score (nSPS) is 11.2. The van der Waals surface area contributed by atoms with Crippen LogP contribution >= 0.6 is 12.2 Å². The number of aromatic nitrogens is 3. The van der Waals surface area contributed by atoms with Crippen molar-refractivity contribution in [3.05, 3.63) is 64.4 Å². The zero-order valence-corrected chi connectivity index (χ0v) is 21.0. The fraction of sp³-hybridized carbons (Fsp3) is 0.360. The van der Waals surface area contributed by atoms with Gasteiger partial charge in [0.2, 0.25) is 5.91 Å². The Morgan fingerprint density at radius 2 is 1.82 bits per heavy atom. The molecular formula is C25H31N5O3S. The van der Waals surface area contributed by atoms with Crippen LogP contribution < -0.4 is 5.32 Å². The minimum atomic E-state index is -0.586. The molecule has 2 N–H and O–H groups in total. The Kier molecular flexibility index (Phi) is 7.88. The molecule has 1 aromatic heterocycles. The lowest BCUT2D eigenvalue weighted by Gasteiger charge is -2.27. The van der Waals surface area contributed by atoms with E-state index in [1.54, 1.807) is 9.47 Å². The molecule has 0 aliphatic carbocycles. The van der Waals surface area contributed by atoms with Crippen LogP contribution in [0.5, 0.6) is 0 Å². The van der Waals surface area contributed by atoms with Crippen LogP contribution in [0.25, 0.3) is 11.4 Å². The van der Waals surface area contributed by atoms with E-state index in [-0.39, 0.29) is 12.5 Å². The highest BCUT2D eigenvalue weighted by Gasteiger charge is 2.22. The third-order valence-corrected chi connectivity index (χ3v) is 5.37. The van der Waals surface area contributed by atoms with Gasteiger partial charge < -0.3 is 15.0 Å². The molecule has 2 aromatic carbocycles. The fourth-order valence-corrected chi connectivity index (χ4v) is 3.54. The van der Waals surface area contributed by atoms with Gasteiger partial charge in [-0.15, -0.1) is 0 Å². The lowest BCUT2D eigenvalue weighted by Crippen LogP contribution is -2.36. The summed E-state index contributed by atoms with van der Waals surface area (Å²) in [4.78, 5) is 27.1. The second-order valence-corrected chi connectivity index (χ2v) is 9.39. The summed E-state index contributed by atoms with van der Waals surface area (Å²) in [5.74, 6) is 0.342. The van der Waals surface area contributed by atoms with Crippen molar-refractivity contribution in [1.29, 1.82) is 0 Å². The van der Waals surface area contributed by atoms with Crippen molar-refractivity contribution in [3.63, 3.8) is 0 Å². The smallest absolute Gasteiger partial charge is 0.410 e. The molecule has 0 saturated carbocycles. The average Bonchev–Trinajstić information content (AvgIpc) is 3.12.